The number of anilines is 1. The van der Waals surface area contributed by atoms with Gasteiger partial charge in [-0.05, 0) is 24.3 Å². The van der Waals surface area contributed by atoms with E-state index in [2.05, 4.69) is 5.32 Å². The zero-order valence-corrected chi connectivity index (χ0v) is 11.9. The first-order valence-corrected chi connectivity index (χ1v) is 7.21. The van der Waals surface area contributed by atoms with Crippen molar-refractivity contribution in [3.05, 3.63) is 24.3 Å². The van der Waals surface area contributed by atoms with Crippen LogP contribution in [0.3, 0.4) is 0 Å². The lowest BCUT2D eigenvalue weighted by atomic mass is 10.3. The molecule has 0 spiro atoms. The van der Waals surface area contributed by atoms with Crippen LogP contribution in [0.25, 0.3) is 0 Å². The van der Waals surface area contributed by atoms with Gasteiger partial charge >= 0.3 is 4.16 Å². The van der Waals surface area contributed by atoms with Crippen LogP contribution < -0.4 is 5.32 Å². The summed E-state index contributed by atoms with van der Waals surface area (Å²) in [6, 6.07) is 5.09. The van der Waals surface area contributed by atoms with Gasteiger partial charge in [-0.2, -0.15) is 8.78 Å². The van der Waals surface area contributed by atoms with Gasteiger partial charge in [0.2, 0.25) is 0 Å². The Bertz CT molecular complexity index is 485. The highest BCUT2D eigenvalue weighted by molar-refractivity contribution is 9.11. The van der Waals surface area contributed by atoms with Crippen molar-refractivity contribution in [3.63, 3.8) is 0 Å². The number of ether oxygens (including phenoxy) is 1. The molecule has 1 rings (SSSR count). The lowest BCUT2D eigenvalue weighted by molar-refractivity contribution is 0.204. The third-order valence-electron chi connectivity index (χ3n) is 2.10. The third-order valence-corrected chi connectivity index (χ3v) is 4.89. The fourth-order valence-electron chi connectivity index (χ4n) is 1.18. The average Bonchev–Trinajstić information content (AvgIpc) is 2.28. The first-order valence-electron chi connectivity index (χ1n) is 4.93. The Morgan fingerprint density at radius 3 is 2.33 bits per heavy atom. The number of methoxy groups -OCH3 is 1. The molecule has 1 aromatic rings. The van der Waals surface area contributed by atoms with Gasteiger partial charge < -0.3 is 10.1 Å². The molecule has 0 saturated carbocycles. The second-order valence-electron chi connectivity index (χ2n) is 3.39. The van der Waals surface area contributed by atoms with Gasteiger partial charge in [-0.15, -0.1) is 0 Å². The quantitative estimate of drug-likeness (QED) is 0.636. The fraction of sp³-hybridized carbons (Fsp3) is 0.400. The lowest BCUT2D eigenvalue weighted by Gasteiger charge is -2.11. The maximum absolute atomic E-state index is 12.8. The summed E-state index contributed by atoms with van der Waals surface area (Å²) in [4.78, 5) is -0.443. The molecule has 0 saturated heterocycles. The van der Waals surface area contributed by atoms with Crippen LogP contribution >= 0.6 is 15.9 Å². The Morgan fingerprint density at radius 1 is 1.33 bits per heavy atom. The molecule has 0 amide bonds. The summed E-state index contributed by atoms with van der Waals surface area (Å²) in [5.41, 5.74) is 0.629. The van der Waals surface area contributed by atoms with E-state index in [0.717, 1.165) is 12.1 Å². The Labute approximate surface area is 112 Å². The summed E-state index contributed by atoms with van der Waals surface area (Å²) >= 11 is 1.85. The van der Waals surface area contributed by atoms with E-state index in [1.165, 1.54) is 12.1 Å². The van der Waals surface area contributed by atoms with Crippen molar-refractivity contribution in [2.75, 3.05) is 25.6 Å². The predicted octanol–water partition coefficient (Wildman–Crippen LogP) is 2.46. The van der Waals surface area contributed by atoms with Crippen LogP contribution in [0.15, 0.2) is 29.2 Å². The van der Waals surface area contributed by atoms with Crippen molar-refractivity contribution in [2.24, 2.45) is 0 Å². The number of hydrogen-bond donors (Lipinski definition) is 1. The monoisotopic (exact) mass is 343 g/mol. The molecular weight excluding hydrogens is 332 g/mol. The predicted molar refractivity (Wildman–Crippen MR) is 67.9 cm³/mol. The second kappa shape index (κ2) is 5.94. The molecule has 0 radical (unpaired) electrons. The zero-order chi connectivity index (χ0) is 13.8. The Kier molecular flexibility index (Phi) is 5.06. The number of benzene rings is 1. The molecule has 0 unspecified atom stereocenters. The minimum Gasteiger partial charge on any atom is -0.383 e. The van der Waals surface area contributed by atoms with E-state index in [9.17, 15) is 17.2 Å². The maximum atomic E-state index is 12.8. The molecular formula is C10H12BrF2NO3S. The second-order valence-corrected chi connectivity index (χ2v) is 6.90. The van der Waals surface area contributed by atoms with Gasteiger partial charge in [0.1, 0.15) is 0 Å². The molecule has 0 aliphatic heterocycles. The molecule has 0 heterocycles. The van der Waals surface area contributed by atoms with E-state index in [1.807, 2.05) is 15.9 Å². The number of sulfone groups is 1. The van der Waals surface area contributed by atoms with Crippen LogP contribution in [0.5, 0.6) is 0 Å². The molecule has 0 atom stereocenters. The first kappa shape index (κ1) is 15.3. The topological polar surface area (TPSA) is 55.4 Å². The first-order chi connectivity index (χ1) is 8.29. The van der Waals surface area contributed by atoms with E-state index >= 15 is 0 Å². The summed E-state index contributed by atoms with van der Waals surface area (Å²) in [5, 5.41) is 2.94. The van der Waals surface area contributed by atoms with E-state index in [0.29, 0.717) is 18.8 Å². The maximum Gasteiger partial charge on any atom is 0.404 e. The van der Waals surface area contributed by atoms with Crippen LogP contribution in [-0.4, -0.2) is 32.8 Å². The van der Waals surface area contributed by atoms with Gasteiger partial charge in [-0.25, -0.2) is 8.42 Å². The Balaban J connectivity index is 2.84. The van der Waals surface area contributed by atoms with Crippen molar-refractivity contribution < 1.29 is 21.9 Å². The summed E-state index contributed by atoms with van der Waals surface area (Å²) in [6.45, 7) is 1.02. The summed E-state index contributed by atoms with van der Waals surface area (Å²) in [5.74, 6) is 0. The number of hydrogen-bond acceptors (Lipinski definition) is 4. The van der Waals surface area contributed by atoms with Crippen LogP contribution in [0, 0.1) is 0 Å². The standard InChI is InChI=1S/C10H12BrF2NO3S/c1-17-7-6-14-8-2-4-9(5-3-8)18(15,16)10(11,12)13/h2-5,14H,6-7H2,1H3. The van der Waals surface area contributed by atoms with Gasteiger partial charge in [-0.1, -0.05) is 0 Å². The Hall–Kier alpha value is -0.730. The molecule has 18 heavy (non-hydrogen) atoms. The summed E-state index contributed by atoms with van der Waals surface area (Å²) < 4.78 is 49.3. The van der Waals surface area contributed by atoms with E-state index in [1.54, 1.807) is 7.11 Å². The Morgan fingerprint density at radius 2 is 1.89 bits per heavy atom. The van der Waals surface area contributed by atoms with E-state index < -0.39 is 18.9 Å². The summed E-state index contributed by atoms with van der Waals surface area (Å²) in [6.07, 6.45) is 0. The molecule has 0 aliphatic rings. The van der Waals surface area contributed by atoms with Crippen LogP contribution in [-0.2, 0) is 14.6 Å². The minimum absolute atomic E-state index is 0.443. The van der Waals surface area contributed by atoms with Crippen LogP contribution in [0.4, 0.5) is 14.5 Å². The number of halogens is 3. The van der Waals surface area contributed by atoms with Gasteiger partial charge in [0.05, 0.1) is 11.5 Å². The van der Waals surface area contributed by atoms with Crippen molar-refractivity contribution >= 4 is 31.5 Å². The SMILES string of the molecule is COCCNc1ccc(S(=O)(=O)C(F)(F)Br)cc1. The molecule has 0 aromatic heterocycles. The van der Waals surface area contributed by atoms with Crippen LogP contribution in [0.1, 0.15) is 0 Å². The molecule has 0 fully saturated rings. The highest BCUT2D eigenvalue weighted by Gasteiger charge is 2.43. The lowest BCUT2D eigenvalue weighted by Crippen LogP contribution is -2.21. The number of nitrogens with one attached hydrogen (secondary N) is 1. The summed E-state index contributed by atoms with van der Waals surface area (Å²) in [7, 11) is -3.14. The molecule has 4 nitrogen and oxygen atoms in total. The highest BCUT2D eigenvalue weighted by Crippen LogP contribution is 2.34. The average molecular weight is 344 g/mol. The third kappa shape index (κ3) is 3.63. The van der Waals surface area contributed by atoms with Gasteiger partial charge in [0.25, 0.3) is 9.84 Å². The molecule has 102 valence electrons. The molecule has 0 bridgehead atoms. The largest absolute Gasteiger partial charge is 0.404 e. The van der Waals surface area contributed by atoms with Crippen molar-refractivity contribution in [1.82, 2.24) is 0 Å². The number of alkyl halides is 3. The minimum atomic E-state index is -4.69. The van der Waals surface area contributed by atoms with E-state index in [-0.39, 0.29) is 0 Å². The molecule has 0 aliphatic carbocycles. The van der Waals surface area contributed by atoms with Crippen LogP contribution in [0.2, 0.25) is 0 Å². The van der Waals surface area contributed by atoms with Crippen molar-refractivity contribution in [2.45, 2.75) is 9.06 Å². The van der Waals surface area contributed by atoms with Gasteiger partial charge in [-0.3, -0.25) is 0 Å². The smallest absolute Gasteiger partial charge is 0.383 e. The van der Waals surface area contributed by atoms with Gasteiger partial charge in [0.15, 0.2) is 0 Å². The van der Waals surface area contributed by atoms with Crippen molar-refractivity contribution in [1.29, 1.82) is 0 Å². The normalized spacial score (nSPS) is 12.4. The van der Waals surface area contributed by atoms with Crippen molar-refractivity contribution in [3.8, 4) is 0 Å². The number of rotatable bonds is 6. The molecule has 1 N–H and O–H groups in total. The van der Waals surface area contributed by atoms with E-state index in [4.69, 9.17) is 4.74 Å². The highest BCUT2D eigenvalue weighted by atomic mass is 79.9. The molecule has 8 heteroatoms. The zero-order valence-electron chi connectivity index (χ0n) is 9.49. The fourth-order valence-corrected chi connectivity index (χ4v) is 2.51. The van der Waals surface area contributed by atoms with Gasteiger partial charge in [0, 0.05) is 35.3 Å². The molecule has 1 aromatic carbocycles.